The molecular formula is C19H24N8O2S. The van der Waals surface area contributed by atoms with Gasteiger partial charge in [-0.3, -0.25) is 4.68 Å². The molecule has 0 radical (unpaired) electrons. The smallest absolute Gasteiger partial charge is 0.246 e. The number of rotatable bonds is 4. The Hall–Kier alpha value is -2.79. The van der Waals surface area contributed by atoms with Gasteiger partial charge in [0, 0.05) is 51.2 Å². The van der Waals surface area contributed by atoms with Crippen LogP contribution in [-0.4, -0.2) is 68.4 Å². The molecular weight excluding hydrogens is 404 g/mol. The zero-order valence-electron chi connectivity index (χ0n) is 17.2. The van der Waals surface area contributed by atoms with Gasteiger partial charge in [-0.25, -0.2) is 23.1 Å². The maximum Gasteiger partial charge on any atom is 0.246 e. The van der Waals surface area contributed by atoms with Crippen LogP contribution in [-0.2, 0) is 17.1 Å². The average Bonchev–Trinajstić information content (AvgIpc) is 3.45. The molecule has 2 aliphatic heterocycles. The van der Waals surface area contributed by atoms with E-state index in [2.05, 4.69) is 25.1 Å². The number of nitrogens with zero attached hydrogens (tertiary/aromatic N) is 8. The number of sulfonamides is 1. The first-order chi connectivity index (χ1) is 14.3. The van der Waals surface area contributed by atoms with Crippen LogP contribution < -0.4 is 4.90 Å². The maximum absolute atomic E-state index is 12.9. The van der Waals surface area contributed by atoms with Crippen molar-refractivity contribution in [2.75, 3.05) is 31.1 Å². The Bertz CT molecular complexity index is 1190. The molecule has 0 amide bonds. The molecule has 2 aliphatic rings. The van der Waals surface area contributed by atoms with E-state index in [1.807, 2.05) is 30.7 Å². The summed E-state index contributed by atoms with van der Waals surface area (Å²) in [5, 5.41) is 8.50. The molecule has 0 bridgehead atoms. The van der Waals surface area contributed by atoms with Gasteiger partial charge in [-0.2, -0.15) is 14.5 Å². The van der Waals surface area contributed by atoms with Gasteiger partial charge in [0.25, 0.3) is 0 Å². The lowest BCUT2D eigenvalue weighted by molar-refractivity contribution is 0.453. The van der Waals surface area contributed by atoms with Crippen LogP contribution in [0.3, 0.4) is 0 Å². The molecule has 0 aromatic carbocycles. The van der Waals surface area contributed by atoms with Crippen molar-refractivity contribution in [3.05, 3.63) is 42.2 Å². The summed E-state index contributed by atoms with van der Waals surface area (Å²) in [4.78, 5) is 11.3. The van der Waals surface area contributed by atoms with Crippen molar-refractivity contribution >= 4 is 15.8 Å². The summed E-state index contributed by atoms with van der Waals surface area (Å²) in [5.74, 6) is 2.15. The van der Waals surface area contributed by atoms with Crippen molar-refractivity contribution in [1.82, 2.24) is 33.8 Å². The quantitative estimate of drug-likeness (QED) is 0.605. The first-order valence-corrected chi connectivity index (χ1v) is 11.3. The number of hydrogen-bond donors (Lipinski definition) is 0. The lowest BCUT2D eigenvalue weighted by atomic mass is 10.0. The summed E-state index contributed by atoms with van der Waals surface area (Å²) >= 11 is 0. The van der Waals surface area contributed by atoms with E-state index in [9.17, 15) is 8.42 Å². The van der Waals surface area contributed by atoms with Crippen molar-refractivity contribution in [2.24, 2.45) is 18.9 Å². The fraction of sp³-hybridized carbons (Fsp3) is 0.474. The average molecular weight is 429 g/mol. The summed E-state index contributed by atoms with van der Waals surface area (Å²) in [6.45, 7) is 6.55. The first-order valence-electron chi connectivity index (χ1n) is 9.90. The van der Waals surface area contributed by atoms with E-state index in [1.54, 1.807) is 23.9 Å². The summed E-state index contributed by atoms with van der Waals surface area (Å²) in [7, 11) is -1.77. The second-order valence-corrected chi connectivity index (χ2v) is 10.1. The zero-order valence-corrected chi connectivity index (χ0v) is 18.0. The summed E-state index contributed by atoms with van der Waals surface area (Å²) in [6, 6.07) is 3.96. The lowest BCUT2D eigenvalue weighted by Gasteiger charge is -2.22. The Morgan fingerprint density at radius 1 is 1.00 bits per heavy atom. The predicted molar refractivity (Wildman–Crippen MR) is 110 cm³/mol. The summed E-state index contributed by atoms with van der Waals surface area (Å²) in [6.07, 6.45) is 4.53. The van der Waals surface area contributed by atoms with Gasteiger partial charge < -0.3 is 4.90 Å². The van der Waals surface area contributed by atoms with E-state index in [4.69, 9.17) is 0 Å². The Balaban J connectivity index is 1.32. The van der Waals surface area contributed by atoms with E-state index < -0.39 is 10.0 Å². The highest BCUT2D eigenvalue weighted by molar-refractivity contribution is 7.89. The fourth-order valence-electron chi connectivity index (χ4n) is 4.50. The molecule has 2 saturated heterocycles. The number of aromatic nitrogens is 6. The highest BCUT2D eigenvalue weighted by Crippen LogP contribution is 2.36. The second-order valence-electron chi connectivity index (χ2n) is 8.17. The van der Waals surface area contributed by atoms with Gasteiger partial charge in [0.15, 0.2) is 5.82 Å². The molecule has 0 aliphatic carbocycles. The maximum atomic E-state index is 12.9. The van der Waals surface area contributed by atoms with E-state index in [0.29, 0.717) is 13.1 Å². The third-order valence-electron chi connectivity index (χ3n) is 5.96. The minimum atomic E-state index is -3.49. The van der Waals surface area contributed by atoms with Gasteiger partial charge in [0.2, 0.25) is 10.0 Å². The van der Waals surface area contributed by atoms with Crippen LogP contribution in [0.5, 0.6) is 0 Å². The monoisotopic (exact) mass is 428 g/mol. The number of anilines is 1. The Morgan fingerprint density at radius 3 is 2.30 bits per heavy atom. The van der Waals surface area contributed by atoms with Gasteiger partial charge in [0.1, 0.15) is 17.0 Å². The van der Waals surface area contributed by atoms with Gasteiger partial charge in [-0.15, -0.1) is 0 Å². The zero-order chi connectivity index (χ0) is 21.0. The van der Waals surface area contributed by atoms with Crippen molar-refractivity contribution in [3.63, 3.8) is 0 Å². The summed E-state index contributed by atoms with van der Waals surface area (Å²) < 4.78 is 30.7. The molecule has 5 heterocycles. The van der Waals surface area contributed by atoms with E-state index in [0.717, 1.165) is 36.1 Å². The minimum absolute atomic E-state index is 0.257. The summed E-state index contributed by atoms with van der Waals surface area (Å²) in [5.41, 5.74) is 1.96. The molecule has 3 aromatic rings. The predicted octanol–water partition coefficient (Wildman–Crippen LogP) is 0.770. The number of aryl methyl sites for hydroxylation is 3. The molecule has 5 rings (SSSR count). The van der Waals surface area contributed by atoms with Crippen molar-refractivity contribution < 1.29 is 8.42 Å². The standard InChI is InChI=1S/C19H24N8O2S/c1-13-4-14(2)27(23-13)19-5-18(20-12-21-19)25-7-15-9-26(10-16(15)8-25)30(28,29)17-6-22-24(3)11-17/h4-6,11-12,15-16H,7-10H2,1-3H3. The molecule has 30 heavy (non-hydrogen) atoms. The van der Waals surface area contributed by atoms with Gasteiger partial charge in [0.05, 0.1) is 11.9 Å². The molecule has 2 atom stereocenters. The third-order valence-corrected chi connectivity index (χ3v) is 7.75. The van der Waals surface area contributed by atoms with Crippen molar-refractivity contribution in [2.45, 2.75) is 18.7 Å². The molecule has 158 valence electrons. The molecule has 11 heteroatoms. The molecule has 2 fully saturated rings. The van der Waals surface area contributed by atoms with E-state index in [-0.39, 0.29) is 16.7 Å². The van der Waals surface area contributed by atoms with Crippen LogP contribution in [0.15, 0.2) is 35.7 Å². The molecule has 0 N–H and O–H groups in total. The molecule has 0 spiro atoms. The Kier molecular flexibility index (Phi) is 4.40. The molecule has 10 nitrogen and oxygen atoms in total. The van der Waals surface area contributed by atoms with Gasteiger partial charge in [-0.05, 0) is 31.7 Å². The van der Waals surface area contributed by atoms with Gasteiger partial charge in [-0.1, -0.05) is 0 Å². The number of hydrogen-bond acceptors (Lipinski definition) is 7. The van der Waals surface area contributed by atoms with Crippen LogP contribution in [0, 0.1) is 25.7 Å². The third kappa shape index (κ3) is 3.18. The topological polar surface area (TPSA) is 102 Å². The largest absolute Gasteiger partial charge is 0.356 e. The van der Waals surface area contributed by atoms with E-state index in [1.165, 1.54) is 10.9 Å². The molecule has 0 saturated carbocycles. The fourth-order valence-corrected chi connectivity index (χ4v) is 6.04. The molecule has 3 aromatic heterocycles. The van der Waals surface area contributed by atoms with Crippen LogP contribution in [0.1, 0.15) is 11.4 Å². The second kappa shape index (κ2) is 6.88. The Labute approximate surface area is 175 Å². The highest BCUT2D eigenvalue weighted by Gasteiger charge is 2.44. The van der Waals surface area contributed by atoms with Crippen molar-refractivity contribution in [1.29, 1.82) is 0 Å². The number of fused-ring (bicyclic) bond motifs is 1. The SMILES string of the molecule is Cc1cc(C)n(-c2cc(N3CC4CN(S(=O)(=O)c5cnn(C)c5)CC4C3)ncn2)n1. The van der Waals surface area contributed by atoms with Crippen LogP contribution in [0.25, 0.3) is 5.82 Å². The Morgan fingerprint density at radius 2 is 1.70 bits per heavy atom. The molecule has 2 unspecified atom stereocenters. The lowest BCUT2D eigenvalue weighted by Crippen LogP contribution is -2.33. The first kappa shape index (κ1) is 19.2. The van der Waals surface area contributed by atoms with Crippen LogP contribution in [0.4, 0.5) is 5.82 Å². The van der Waals surface area contributed by atoms with Crippen LogP contribution >= 0.6 is 0 Å². The minimum Gasteiger partial charge on any atom is -0.356 e. The van der Waals surface area contributed by atoms with Gasteiger partial charge >= 0.3 is 0 Å². The highest BCUT2D eigenvalue weighted by atomic mass is 32.2. The van der Waals surface area contributed by atoms with E-state index >= 15 is 0 Å². The normalized spacial score (nSPS) is 22.0. The van der Waals surface area contributed by atoms with Crippen molar-refractivity contribution in [3.8, 4) is 5.82 Å². The van der Waals surface area contributed by atoms with Crippen LogP contribution in [0.2, 0.25) is 0 Å².